The first-order valence-corrected chi connectivity index (χ1v) is 7.53. The maximum atomic E-state index is 6.62. The summed E-state index contributed by atoms with van der Waals surface area (Å²) in [6.07, 6.45) is 3.48. The number of aromatic nitrogens is 1. The topological polar surface area (TPSA) is 38.9 Å². The first kappa shape index (κ1) is 13.0. The summed E-state index contributed by atoms with van der Waals surface area (Å²) in [5, 5.41) is 3.33. The smallest absolute Gasteiger partial charge is 0.113 e. The van der Waals surface area contributed by atoms with E-state index in [0.29, 0.717) is 5.92 Å². The quantitative estimate of drug-likeness (QED) is 0.867. The highest BCUT2D eigenvalue weighted by Gasteiger charge is 2.38. The number of hydrogen-bond acceptors (Lipinski definition) is 3. The molecule has 2 nitrogen and oxygen atoms in total. The minimum Gasteiger partial charge on any atom is -0.319 e. The van der Waals surface area contributed by atoms with Crippen molar-refractivity contribution in [1.29, 1.82) is 0 Å². The minimum absolute atomic E-state index is 0.172. The van der Waals surface area contributed by atoms with E-state index in [-0.39, 0.29) is 5.54 Å². The van der Waals surface area contributed by atoms with Crippen molar-refractivity contribution in [3.8, 4) is 0 Å². The zero-order valence-electron chi connectivity index (χ0n) is 11.4. The molecule has 0 saturated heterocycles. The van der Waals surface area contributed by atoms with Crippen LogP contribution >= 0.6 is 11.3 Å². The van der Waals surface area contributed by atoms with Crippen LogP contribution in [0.2, 0.25) is 0 Å². The fraction of sp³-hybridized carbons (Fsp3) is 0.786. The molecule has 0 bridgehead atoms. The summed E-state index contributed by atoms with van der Waals surface area (Å²) >= 11 is 1.75. The summed E-state index contributed by atoms with van der Waals surface area (Å²) in [5.41, 5.74) is 7.65. The van der Waals surface area contributed by atoms with E-state index in [9.17, 15) is 0 Å². The molecule has 96 valence electrons. The van der Waals surface area contributed by atoms with Gasteiger partial charge in [-0.05, 0) is 37.0 Å². The molecule has 1 saturated carbocycles. The van der Waals surface area contributed by atoms with Gasteiger partial charge in [0.2, 0.25) is 0 Å². The van der Waals surface area contributed by atoms with Crippen molar-refractivity contribution in [3.05, 3.63) is 16.1 Å². The highest BCUT2D eigenvalue weighted by molar-refractivity contribution is 7.09. The Bertz CT molecular complexity index is 373. The van der Waals surface area contributed by atoms with Gasteiger partial charge in [0.15, 0.2) is 0 Å². The summed E-state index contributed by atoms with van der Waals surface area (Å²) in [5.74, 6) is 1.94. The van der Waals surface area contributed by atoms with Crippen LogP contribution in [0.1, 0.15) is 63.6 Å². The van der Waals surface area contributed by atoms with Gasteiger partial charge >= 0.3 is 0 Å². The van der Waals surface area contributed by atoms with Crippen LogP contribution in [0.15, 0.2) is 5.38 Å². The Morgan fingerprint density at radius 1 is 1.35 bits per heavy atom. The lowest BCUT2D eigenvalue weighted by molar-refractivity contribution is 0.183. The van der Waals surface area contributed by atoms with Crippen LogP contribution in [0.5, 0.6) is 0 Å². The van der Waals surface area contributed by atoms with Crippen LogP contribution in [-0.2, 0) is 5.54 Å². The normalized spacial score (nSPS) is 34.2. The van der Waals surface area contributed by atoms with Crippen molar-refractivity contribution in [3.63, 3.8) is 0 Å². The average molecular weight is 252 g/mol. The van der Waals surface area contributed by atoms with Gasteiger partial charge in [-0.3, -0.25) is 0 Å². The molecule has 1 fully saturated rings. The van der Waals surface area contributed by atoms with Gasteiger partial charge in [0.1, 0.15) is 5.01 Å². The van der Waals surface area contributed by atoms with Gasteiger partial charge < -0.3 is 5.73 Å². The molecule has 0 aromatic carbocycles. The van der Waals surface area contributed by atoms with Crippen LogP contribution in [-0.4, -0.2) is 4.98 Å². The van der Waals surface area contributed by atoms with Crippen molar-refractivity contribution in [1.82, 2.24) is 4.98 Å². The number of thiazole rings is 1. The van der Waals surface area contributed by atoms with Gasteiger partial charge in [0, 0.05) is 5.38 Å². The molecule has 0 radical (unpaired) electrons. The second-order valence-corrected chi connectivity index (χ2v) is 7.10. The van der Waals surface area contributed by atoms with Crippen molar-refractivity contribution in [2.45, 2.75) is 58.4 Å². The highest BCUT2D eigenvalue weighted by Crippen LogP contribution is 2.42. The number of hydrogen-bond donors (Lipinski definition) is 1. The van der Waals surface area contributed by atoms with E-state index in [1.165, 1.54) is 12.1 Å². The van der Waals surface area contributed by atoms with Gasteiger partial charge in [-0.25, -0.2) is 4.98 Å². The van der Waals surface area contributed by atoms with E-state index in [1.54, 1.807) is 11.3 Å². The molecule has 0 amide bonds. The maximum absolute atomic E-state index is 6.62. The summed E-state index contributed by atoms with van der Waals surface area (Å²) < 4.78 is 0. The van der Waals surface area contributed by atoms with E-state index >= 15 is 0 Å². The van der Waals surface area contributed by atoms with Crippen molar-refractivity contribution in [2.24, 2.45) is 17.6 Å². The summed E-state index contributed by atoms with van der Waals surface area (Å²) in [4.78, 5) is 4.77. The van der Waals surface area contributed by atoms with Crippen molar-refractivity contribution < 1.29 is 0 Å². The summed E-state index contributed by atoms with van der Waals surface area (Å²) in [6, 6.07) is 0. The Kier molecular flexibility index (Phi) is 3.60. The van der Waals surface area contributed by atoms with E-state index in [0.717, 1.165) is 29.7 Å². The monoisotopic (exact) mass is 252 g/mol. The molecule has 17 heavy (non-hydrogen) atoms. The predicted molar refractivity (Wildman–Crippen MR) is 74.2 cm³/mol. The molecule has 1 aliphatic carbocycles. The molecule has 2 rings (SSSR count). The Balaban J connectivity index is 2.24. The Morgan fingerprint density at radius 2 is 1.94 bits per heavy atom. The van der Waals surface area contributed by atoms with E-state index in [2.05, 4.69) is 33.1 Å². The van der Waals surface area contributed by atoms with E-state index in [1.807, 2.05) is 0 Å². The molecule has 2 unspecified atom stereocenters. The Hall–Kier alpha value is -0.410. The fourth-order valence-corrected chi connectivity index (χ4v) is 4.25. The molecule has 1 aromatic rings. The lowest BCUT2D eigenvalue weighted by Gasteiger charge is -2.38. The second-order valence-electron chi connectivity index (χ2n) is 6.24. The number of nitrogens with zero attached hydrogens (tertiary/aromatic N) is 1. The van der Waals surface area contributed by atoms with Gasteiger partial charge in [-0.15, -0.1) is 11.3 Å². The molecule has 1 heterocycles. The van der Waals surface area contributed by atoms with Crippen molar-refractivity contribution in [2.75, 3.05) is 0 Å². The van der Waals surface area contributed by atoms with Crippen LogP contribution in [0.3, 0.4) is 0 Å². The average Bonchev–Trinajstić information content (AvgIpc) is 2.63. The third-order valence-corrected chi connectivity index (χ3v) is 4.85. The van der Waals surface area contributed by atoms with Crippen LogP contribution in [0.4, 0.5) is 0 Å². The fourth-order valence-electron chi connectivity index (χ4n) is 3.14. The van der Waals surface area contributed by atoms with Gasteiger partial charge in [-0.1, -0.05) is 27.7 Å². The number of rotatable bonds is 2. The standard InChI is InChI=1S/C14H24N2S/c1-9(2)12-8-17-13(16-12)14(15)6-10(3)5-11(4)7-14/h8-11H,5-7,15H2,1-4H3. The molecule has 3 heteroatoms. The SMILES string of the molecule is CC1CC(C)CC(N)(c2nc(C(C)C)cs2)C1. The molecule has 1 aliphatic rings. The Labute approximate surface area is 109 Å². The minimum atomic E-state index is -0.172. The van der Waals surface area contributed by atoms with Gasteiger partial charge in [-0.2, -0.15) is 0 Å². The summed E-state index contributed by atoms with van der Waals surface area (Å²) in [7, 11) is 0. The summed E-state index contributed by atoms with van der Waals surface area (Å²) in [6.45, 7) is 9.00. The zero-order chi connectivity index (χ0) is 12.6. The first-order valence-electron chi connectivity index (χ1n) is 6.65. The first-order chi connectivity index (χ1) is 7.90. The molecular formula is C14H24N2S. The molecule has 2 N–H and O–H groups in total. The van der Waals surface area contributed by atoms with Gasteiger partial charge in [0.05, 0.1) is 11.2 Å². The highest BCUT2D eigenvalue weighted by atomic mass is 32.1. The zero-order valence-corrected chi connectivity index (χ0v) is 12.2. The third-order valence-electron chi connectivity index (χ3n) is 3.77. The lowest BCUT2D eigenvalue weighted by Crippen LogP contribution is -2.43. The molecule has 1 aromatic heterocycles. The molecular weight excluding hydrogens is 228 g/mol. The van der Waals surface area contributed by atoms with Crippen LogP contribution in [0.25, 0.3) is 0 Å². The van der Waals surface area contributed by atoms with Crippen LogP contribution in [0, 0.1) is 11.8 Å². The molecule has 2 atom stereocenters. The van der Waals surface area contributed by atoms with Crippen molar-refractivity contribution >= 4 is 11.3 Å². The molecule has 0 spiro atoms. The largest absolute Gasteiger partial charge is 0.319 e. The van der Waals surface area contributed by atoms with Crippen LogP contribution < -0.4 is 5.73 Å². The van der Waals surface area contributed by atoms with E-state index < -0.39 is 0 Å². The predicted octanol–water partition coefficient (Wildman–Crippen LogP) is 3.88. The second kappa shape index (κ2) is 4.69. The lowest BCUT2D eigenvalue weighted by atomic mass is 9.72. The Morgan fingerprint density at radius 3 is 2.41 bits per heavy atom. The number of nitrogens with two attached hydrogens (primary N) is 1. The third kappa shape index (κ3) is 2.71. The van der Waals surface area contributed by atoms with Gasteiger partial charge in [0.25, 0.3) is 0 Å². The maximum Gasteiger partial charge on any atom is 0.113 e. The van der Waals surface area contributed by atoms with E-state index in [4.69, 9.17) is 10.7 Å². The molecule has 0 aliphatic heterocycles.